The van der Waals surface area contributed by atoms with Crippen molar-refractivity contribution in [2.45, 2.75) is 70.3 Å². The largest absolute Gasteiger partial charge is 0.339 e. The van der Waals surface area contributed by atoms with E-state index in [1.165, 1.54) is 44.9 Å². The summed E-state index contributed by atoms with van der Waals surface area (Å²) in [5.41, 5.74) is 5.58. The summed E-state index contributed by atoms with van der Waals surface area (Å²) in [5, 5.41) is 0. The quantitative estimate of drug-likeness (QED) is 0.817. The van der Waals surface area contributed by atoms with Crippen LogP contribution in [0.3, 0.4) is 0 Å². The van der Waals surface area contributed by atoms with Gasteiger partial charge in [0.1, 0.15) is 0 Å². The van der Waals surface area contributed by atoms with Gasteiger partial charge in [-0.05, 0) is 38.6 Å². The van der Waals surface area contributed by atoms with Crippen molar-refractivity contribution in [1.29, 1.82) is 0 Å². The zero-order chi connectivity index (χ0) is 12.8. The third kappa shape index (κ3) is 3.98. The van der Waals surface area contributed by atoms with E-state index >= 15 is 0 Å². The molecule has 0 radical (unpaired) electrons. The summed E-state index contributed by atoms with van der Waals surface area (Å²) in [6.07, 6.45) is 12.1. The molecule has 1 amide bonds. The molecule has 2 saturated carbocycles. The molecule has 3 heteroatoms. The van der Waals surface area contributed by atoms with Crippen molar-refractivity contribution in [2.75, 3.05) is 13.1 Å². The number of rotatable bonds is 5. The van der Waals surface area contributed by atoms with Gasteiger partial charge in [0.15, 0.2) is 0 Å². The molecule has 0 saturated heterocycles. The number of carbonyl (C=O) groups is 1. The van der Waals surface area contributed by atoms with Crippen LogP contribution in [0.5, 0.6) is 0 Å². The van der Waals surface area contributed by atoms with Gasteiger partial charge in [0.2, 0.25) is 5.91 Å². The Kier molecular flexibility index (Phi) is 5.48. The molecule has 0 spiro atoms. The molecule has 2 rings (SSSR count). The van der Waals surface area contributed by atoms with Crippen LogP contribution in [0, 0.1) is 5.92 Å². The summed E-state index contributed by atoms with van der Waals surface area (Å²) in [6.45, 7) is 1.58. The van der Waals surface area contributed by atoms with E-state index < -0.39 is 0 Å². The molecular weight excluding hydrogens is 224 g/mol. The lowest BCUT2D eigenvalue weighted by molar-refractivity contribution is -0.136. The molecular formula is C15H28N2O. The number of hydrogen-bond donors (Lipinski definition) is 1. The number of nitrogens with two attached hydrogens (primary N) is 1. The zero-order valence-electron chi connectivity index (χ0n) is 11.6. The van der Waals surface area contributed by atoms with Crippen molar-refractivity contribution in [1.82, 2.24) is 4.90 Å². The fourth-order valence-corrected chi connectivity index (χ4v) is 3.06. The smallest absolute Gasteiger partial charge is 0.225 e. The summed E-state index contributed by atoms with van der Waals surface area (Å²) in [5.74, 6) is 0.747. The fraction of sp³-hybridized carbons (Fsp3) is 0.933. The van der Waals surface area contributed by atoms with E-state index in [-0.39, 0.29) is 0 Å². The van der Waals surface area contributed by atoms with Crippen LogP contribution in [0.15, 0.2) is 0 Å². The number of hydrogen-bond acceptors (Lipinski definition) is 2. The predicted molar refractivity (Wildman–Crippen MR) is 74.2 cm³/mol. The van der Waals surface area contributed by atoms with Gasteiger partial charge in [0, 0.05) is 18.5 Å². The van der Waals surface area contributed by atoms with Crippen molar-refractivity contribution in [2.24, 2.45) is 11.7 Å². The Bertz CT molecular complexity index is 255. The first-order valence-electron chi connectivity index (χ1n) is 7.83. The Hall–Kier alpha value is -0.570. The van der Waals surface area contributed by atoms with Gasteiger partial charge in [-0.3, -0.25) is 4.79 Å². The summed E-state index contributed by atoms with van der Waals surface area (Å²) >= 11 is 0. The van der Waals surface area contributed by atoms with Crippen molar-refractivity contribution in [3.63, 3.8) is 0 Å². The molecule has 2 N–H and O–H groups in total. The molecule has 0 atom stereocenters. The number of nitrogens with zero attached hydrogens (tertiary/aromatic N) is 1. The topological polar surface area (TPSA) is 46.3 Å². The van der Waals surface area contributed by atoms with Gasteiger partial charge in [-0.1, -0.05) is 32.1 Å². The summed E-state index contributed by atoms with van der Waals surface area (Å²) in [4.78, 5) is 14.8. The lowest BCUT2D eigenvalue weighted by atomic mass is 9.90. The van der Waals surface area contributed by atoms with Gasteiger partial charge in [-0.2, -0.15) is 0 Å². The monoisotopic (exact) mass is 252 g/mol. The third-order valence-electron chi connectivity index (χ3n) is 4.33. The van der Waals surface area contributed by atoms with E-state index in [4.69, 9.17) is 5.73 Å². The molecule has 0 unspecified atom stereocenters. The van der Waals surface area contributed by atoms with Gasteiger partial charge in [-0.25, -0.2) is 0 Å². The first-order chi connectivity index (χ1) is 8.83. The molecule has 0 aromatic carbocycles. The Balaban J connectivity index is 1.88. The maximum atomic E-state index is 12.6. The van der Waals surface area contributed by atoms with Crippen LogP contribution < -0.4 is 5.73 Å². The molecule has 104 valence electrons. The first-order valence-corrected chi connectivity index (χ1v) is 7.83. The minimum atomic E-state index is 0.309. The second-order valence-electron chi connectivity index (χ2n) is 5.95. The van der Waals surface area contributed by atoms with Crippen LogP contribution in [0.2, 0.25) is 0 Å². The van der Waals surface area contributed by atoms with E-state index in [0.717, 1.165) is 25.8 Å². The zero-order valence-corrected chi connectivity index (χ0v) is 11.6. The van der Waals surface area contributed by atoms with Gasteiger partial charge in [0.25, 0.3) is 0 Å². The molecule has 2 fully saturated rings. The van der Waals surface area contributed by atoms with Gasteiger partial charge in [-0.15, -0.1) is 0 Å². The van der Waals surface area contributed by atoms with E-state index in [1.54, 1.807) is 0 Å². The number of carbonyl (C=O) groups excluding carboxylic acids is 1. The Morgan fingerprint density at radius 2 is 1.61 bits per heavy atom. The molecule has 0 aromatic rings. The van der Waals surface area contributed by atoms with Crippen molar-refractivity contribution in [3.05, 3.63) is 0 Å². The van der Waals surface area contributed by atoms with Crippen LogP contribution in [0.4, 0.5) is 0 Å². The molecule has 0 aliphatic heterocycles. The first kappa shape index (κ1) is 13.9. The highest BCUT2D eigenvalue weighted by molar-refractivity contribution is 5.79. The predicted octanol–water partition coefficient (Wildman–Crippen LogP) is 2.69. The SMILES string of the molecule is NCCCN(C(=O)C1CCCCCCC1)C1CC1. The molecule has 0 heterocycles. The lowest BCUT2D eigenvalue weighted by Gasteiger charge is -2.28. The molecule has 2 aliphatic rings. The van der Waals surface area contributed by atoms with E-state index in [9.17, 15) is 4.79 Å². The highest BCUT2D eigenvalue weighted by Gasteiger charge is 2.35. The molecule has 18 heavy (non-hydrogen) atoms. The normalized spacial score (nSPS) is 22.3. The molecule has 3 nitrogen and oxygen atoms in total. The Labute approximate surface area is 111 Å². The van der Waals surface area contributed by atoms with Crippen molar-refractivity contribution >= 4 is 5.91 Å². The van der Waals surface area contributed by atoms with Gasteiger partial charge >= 0.3 is 0 Å². The molecule has 2 aliphatic carbocycles. The van der Waals surface area contributed by atoms with Gasteiger partial charge < -0.3 is 10.6 Å². The maximum Gasteiger partial charge on any atom is 0.225 e. The minimum absolute atomic E-state index is 0.309. The van der Waals surface area contributed by atoms with Crippen LogP contribution in [0.1, 0.15) is 64.2 Å². The highest BCUT2D eigenvalue weighted by Crippen LogP contribution is 2.31. The van der Waals surface area contributed by atoms with Crippen LogP contribution in [-0.2, 0) is 4.79 Å². The molecule has 0 aromatic heterocycles. The Morgan fingerprint density at radius 1 is 1.00 bits per heavy atom. The highest BCUT2D eigenvalue weighted by atomic mass is 16.2. The van der Waals surface area contributed by atoms with Crippen molar-refractivity contribution < 1.29 is 4.79 Å². The standard InChI is InChI=1S/C15H28N2O/c16-11-6-12-17(14-9-10-14)15(18)13-7-4-2-1-3-5-8-13/h13-14H,1-12,16H2. The van der Waals surface area contributed by atoms with E-state index in [2.05, 4.69) is 4.90 Å². The second kappa shape index (κ2) is 7.13. The van der Waals surface area contributed by atoms with Gasteiger partial charge in [0.05, 0.1) is 0 Å². The van der Waals surface area contributed by atoms with Crippen molar-refractivity contribution in [3.8, 4) is 0 Å². The summed E-state index contributed by atoms with van der Waals surface area (Å²) < 4.78 is 0. The average Bonchev–Trinajstić information content (AvgIpc) is 3.13. The second-order valence-corrected chi connectivity index (χ2v) is 5.95. The van der Waals surface area contributed by atoms with E-state index in [0.29, 0.717) is 24.4 Å². The number of amides is 1. The third-order valence-corrected chi connectivity index (χ3v) is 4.33. The van der Waals surface area contributed by atoms with Crippen LogP contribution in [0.25, 0.3) is 0 Å². The molecule has 0 bridgehead atoms. The minimum Gasteiger partial charge on any atom is -0.339 e. The lowest BCUT2D eigenvalue weighted by Crippen LogP contribution is -2.39. The van der Waals surface area contributed by atoms with E-state index in [1.807, 2.05) is 0 Å². The maximum absolute atomic E-state index is 12.6. The van der Waals surface area contributed by atoms with Crippen LogP contribution >= 0.6 is 0 Å². The average molecular weight is 252 g/mol. The Morgan fingerprint density at radius 3 is 2.17 bits per heavy atom. The summed E-state index contributed by atoms with van der Waals surface area (Å²) in [7, 11) is 0. The van der Waals surface area contributed by atoms with Crippen LogP contribution in [-0.4, -0.2) is 29.9 Å². The summed E-state index contributed by atoms with van der Waals surface area (Å²) in [6, 6.07) is 0.550. The fourth-order valence-electron chi connectivity index (χ4n) is 3.06.